The molecule has 152 valence electrons. The second-order valence-corrected chi connectivity index (χ2v) is 9.55. The Hall–Kier alpha value is -2.61. The maximum atomic E-state index is 2.46. The van der Waals surface area contributed by atoms with Gasteiger partial charge in [-0.05, 0) is 0 Å². The summed E-state index contributed by atoms with van der Waals surface area (Å²) in [6, 6.07) is 19.7. The molecule has 0 saturated heterocycles. The Labute approximate surface area is 186 Å². The minimum absolute atomic E-state index is 0.384. The molecule has 2 aromatic carbocycles. The van der Waals surface area contributed by atoms with Crippen molar-refractivity contribution in [1.82, 2.24) is 0 Å². The number of rotatable bonds is 6. The molecule has 0 aliphatic carbocycles. The minimum atomic E-state index is 0.384. The van der Waals surface area contributed by atoms with Gasteiger partial charge < -0.3 is 0 Å². The molecule has 0 amide bonds. The molecule has 0 fully saturated rings. The summed E-state index contributed by atoms with van der Waals surface area (Å²) < 4.78 is 5.23. The average Bonchev–Trinajstić information content (AvgIpc) is 3.16. The third kappa shape index (κ3) is 4.14. The molecule has 1 aliphatic rings. The predicted octanol–water partition coefficient (Wildman–Crippen LogP) is 5.21. The first-order chi connectivity index (χ1) is 14.7. The van der Waals surface area contributed by atoms with Crippen molar-refractivity contribution in [2.45, 2.75) is 33.7 Å². The van der Waals surface area contributed by atoms with E-state index in [4.69, 9.17) is 0 Å². The molecule has 0 bridgehead atoms. The molecule has 3 aromatic rings. The van der Waals surface area contributed by atoms with Crippen molar-refractivity contribution < 1.29 is 4.57 Å². The van der Waals surface area contributed by atoms with E-state index in [-0.39, 0.29) is 0 Å². The van der Waals surface area contributed by atoms with E-state index >= 15 is 0 Å². The zero-order valence-electron chi connectivity index (χ0n) is 18.0. The first-order valence-corrected chi connectivity index (χ1v) is 12.5. The zero-order valence-corrected chi connectivity index (χ0v) is 19.7. The van der Waals surface area contributed by atoms with E-state index < -0.39 is 0 Å². The van der Waals surface area contributed by atoms with Gasteiger partial charge in [-0.1, -0.05) is 0 Å². The van der Waals surface area contributed by atoms with Crippen LogP contribution in [-0.4, -0.2) is 21.5 Å². The van der Waals surface area contributed by atoms with E-state index in [1.54, 1.807) is 0 Å². The van der Waals surface area contributed by atoms with Crippen molar-refractivity contribution in [3.8, 4) is 0 Å². The van der Waals surface area contributed by atoms with Gasteiger partial charge in [0.15, 0.2) is 0 Å². The van der Waals surface area contributed by atoms with Crippen LogP contribution in [0.25, 0.3) is 17.0 Å². The molecule has 0 unspecified atom stereocenters. The predicted molar refractivity (Wildman–Crippen MR) is 130 cm³/mol. The molecule has 0 spiro atoms. The second-order valence-electron chi connectivity index (χ2n) is 7.32. The van der Waals surface area contributed by atoms with Gasteiger partial charge in [-0.25, -0.2) is 0 Å². The van der Waals surface area contributed by atoms with Crippen LogP contribution in [0.2, 0.25) is 0 Å². The molecular formula is C27H29N2Se+. The van der Waals surface area contributed by atoms with Gasteiger partial charge in [0.05, 0.1) is 0 Å². The summed E-state index contributed by atoms with van der Waals surface area (Å²) in [5, 5.41) is 1.30. The number of para-hydroxylation sites is 2. The van der Waals surface area contributed by atoms with Gasteiger partial charge in [-0.3, -0.25) is 0 Å². The number of pyridine rings is 1. The van der Waals surface area contributed by atoms with Crippen molar-refractivity contribution in [3.05, 3.63) is 94.8 Å². The van der Waals surface area contributed by atoms with Crippen LogP contribution < -0.4 is 13.9 Å². The average molecular weight is 461 g/mol. The number of hydrogen-bond donors (Lipinski definition) is 0. The molecule has 2 nitrogen and oxygen atoms in total. The molecule has 2 heterocycles. The Morgan fingerprint density at radius 3 is 2.60 bits per heavy atom. The first kappa shape index (κ1) is 20.7. The molecule has 3 heteroatoms. The van der Waals surface area contributed by atoms with Crippen LogP contribution in [0.15, 0.2) is 89.2 Å². The summed E-state index contributed by atoms with van der Waals surface area (Å²) in [5.41, 5.74) is 5.29. The van der Waals surface area contributed by atoms with Crippen molar-refractivity contribution in [2.75, 3.05) is 11.4 Å². The third-order valence-electron chi connectivity index (χ3n) is 5.58. The molecule has 0 atom stereocenters. The molecule has 4 rings (SSSR count). The molecule has 30 heavy (non-hydrogen) atoms. The van der Waals surface area contributed by atoms with Crippen LogP contribution in [0.5, 0.6) is 0 Å². The van der Waals surface area contributed by atoms with Crippen molar-refractivity contribution >= 4 is 42.1 Å². The summed E-state index contributed by atoms with van der Waals surface area (Å²) in [4.78, 5) is 2.46. The van der Waals surface area contributed by atoms with Crippen LogP contribution in [0.1, 0.15) is 32.8 Å². The van der Waals surface area contributed by atoms with E-state index in [0.717, 1.165) is 19.5 Å². The number of fused-ring (bicyclic) bond motifs is 2. The normalized spacial score (nSPS) is 15.5. The van der Waals surface area contributed by atoms with E-state index in [1.165, 1.54) is 36.8 Å². The Balaban J connectivity index is 1.62. The quantitative estimate of drug-likeness (QED) is 0.278. The fourth-order valence-corrected chi connectivity index (χ4v) is 6.27. The van der Waals surface area contributed by atoms with Crippen LogP contribution in [0.3, 0.4) is 0 Å². The van der Waals surface area contributed by atoms with Gasteiger partial charge in [0, 0.05) is 0 Å². The monoisotopic (exact) mass is 461 g/mol. The number of allylic oxidation sites excluding steroid dienone is 4. The topological polar surface area (TPSA) is 7.12 Å². The maximum absolute atomic E-state index is 2.46. The third-order valence-corrected chi connectivity index (χ3v) is 7.95. The van der Waals surface area contributed by atoms with Gasteiger partial charge in [0.2, 0.25) is 0 Å². The molecule has 0 radical (unpaired) electrons. The zero-order chi connectivity index (χ0) is 20.9. The Morgan fingerprint density at radius 1 is 1.00 bits per heavy atom. The van der Waals surface area contributed by atoms with Crippen molar-refractivity contribution in [3.63, 3.8) is 0 Å². The number of aryl methyl sites for hydroxylation is 1. The fourth-order valence-electron chi connectivity index (χ4n) is 3.90. The van der Waals surface area contributed by atoms with Gasteiger partial charge in [-0.2, -0.15) is 0 Å². The van der Waals surface area contributed by atoms with E-state index in [0.29, 0.717) is 15.0 Å². The van der Waals surface area contributed by atoms with Crippen LogP contribution in [0.4, 0.5) is 5.69 Å². The van der Waals surface area contributed by atoms with E-state index in [2.05, 4.69) is 115 Å². The number of aromatic nitrogens is 1. The fraction of sp³-hybridized carbons (Fsp3) is 0.222. The van der Waals surface area contributed by atoms with Crippen LogP contribution in [0, 0.1) is 0 Å². The van der Waals surface area contributed by atoms with Gasteiger partial charge in [0.1, 0.15) is 0 Å². The van der Waals surface area contributed by atoms with Gasteiger partial charge in [-0.15, -0.1) is 0 Å². The van der Waals surface area contributed by atoms with Crippen molar-refractivity contribution in [1.29, 1.82) is 0 Å². The van der Waals surface area contributed by atoms with Gasteiger partial charge in [0.25, 0.3) is 0 Å². The molecule has 0 saturated carbocycles. The second kappa shape index (κ2) is 9.47. The Kier molecular flexibility index (Phi) is 6.52. The summed E-state index contributed by atoms with van der Waals surface area (Å²) in [7, 11) is 0. The van der Waals surface area contributed by atoms with E-state index in [1.807, 2.05) is 0 Å². The number of nitrogens with zero attached hydrogens (tertiary/aromatic N) is 2. The summed E-state index contributed by atoms with van der Waals surface area (Å²) in [5.74, 6) is 0. The number of hydrogen-bond acceptors (Lipinski definition) is 1. The molecule has 0 N–H and O–H groups in total. The van der Waals surface area contributed by atoms with Crippen LogP contribution in [-0.2, 0) is 6.54 Å². The first-order valence-electron chi connectivity index (χ1n) is 10.8. The number of benzene rings is 2. The molecule has 1 aliphatic heterocycles. The van der Waals surface area contributed by atoms with E-state index in [9.17, 15) is 0 Å². The standard InChI is InChI=1S/C27H29N2Se/c1-4-21(16-18-27-29(6-3)25-13-9-10-14-26(25)30-27)15-17-22-19-20-28(5-2)24-12-8-7-11-23(22)24/h7-20H,4-6H2,1-3H3/q+1. The van der Waals surface area contributed by atoms with Gasteiger partial charge >= 0.3 is 187 Å². The SMILES string of the molecule is CCC(=C/C=C1\[Se]c2ccccc2N1CC)/C=C/c1cc[n+](CC)c2ccccc12. The number of anilines is 1. The Bertz CT molecular complexity index is 1140. The van der Waals surface area contributed by atoms with Crippen LogP contribution >= 0.6 is 0 Å². The molecular weight excluding hydrogens is 431 g/mol. The summed E-state index contributed by atoms with van der Waals surface area (Å²) in [6.07, 6.45) is 12.4. The van der Waals surface area contributed by atoms with Crippen molar-refractivity contribution in [2.24, 2.45) is 0 Å². The Morgan fingerprint density at radius 2 is 1.80 bits per heavy atom. The molecule has 1 aromatic heterocycles. The summed E-state index contributed by atoms with van der Waals surface area (Å²) >= 11 is 0.384. The summed E-state index contributed by atoms with van der Waals surface area (Å²) in [6.45, 7) is 8.66.